The van der Waals surface area contributed by atoms with Crippen molar-refractivity contribution in [3.8, 4) is 5.75 Å². The molecule has 5 aliphatic rings. The van der Waals surface area contributed by atoms with Gasteiger partial charge >= 0.3 is 0 Å². The van der Waals surface area contributed by atoms with E-state index in [1.165, 1.54) is 32.4 Å². The molecule has 9 nitrogen and oxygen atoms in total. The summed E-state index contributed by atoms with van der Waals surface area (Å²) in [6.07, 6.45) is 8.01. The molecule has 0 radical (unpaired) electrons. The van der Waals surface area contributed by atoms with E-state index in [2.05, 4.69) is 27.4 Å². The second-order valence-corrected chi connectivity index (χ2v) is 10.0. The summed E-state index contributed by atoms with van der Waals surface area (Å²) in [6.45, 7) is 6.89. The Morgan fingerprint density at radius 3 is 2.83 bits per heavy atom. The third kappa shape index (κ3) is 6.13. The predicted octanol–water partition coefficient (Wildman–Crippen LogP) is 2.52. The molecule has 0 spiro atoms. The fraction of sp³-hybridized carbons (Fsp3) is 0.654. The summed E-state index contributed by atoms with van der Waals surface area (Å²) < 4.78 is 11.1. The van der Waals surface area contributed by atoms with Crippen molar-refractivity contribution in [1.82, 2.24) is 20.4 Å². The van der Waals surface area contributed by atoms with Crippen LogP contribution in [0.4, 0.5) is 5.69 Å². The molecule has 35 heavy (non-hydrogen) atoms. The maximum absolute atomic E-state index is 12.6. The molecule has 4 heterocycles. The average Bonchev–Trinajstić information content (AvgIpc) is 3.28. The summed E-state index contributed by atoms with van der Waals surface area (Å²) in [5.74, 6) is 1.55. The molecule has 3 atom stereocenters. The smallest absolute Gasteiger partial charge is 0.246 e. The summed E-state index contributed by atoms with van der Waals surface area (Å²) >= 11 is 0. The van der Waals surface area contributed by atoms with Crippen LogP contribution in [0, 0.1) is 5.92 Å². The van der Waals surface area contributed by atoms with Crippen LogP contribution in [0.3, 0.4) is 0 Å². The molecular formula is C26H37N5O4. The number of rotatable bonds is 7. The number of hydrogen-bond donors (Lipinski definition) is 2. The van der Waals surface area contributed by atoms with Crippen molar-refractivity contribution in [3.63, 3.8) is 0 Å². The van der Waals surface area contributed by atoms with Gasteiger partial charge in [-0.15, -0.1) is 0 Å². The zero-order chi connectivity index (χ0) is 24.2. The number of amides is 2. The van der Waals surface area contributed by atoms with Crippen molar-refractivity contribution in [3.05, 3.63) is 23.8 Å². The van der Waals surface area contributed by atoms with E-state index in [0.717, 1.165) is 42.9 Å². The fourth-order valence-electron chi connectivity index (χ4n) is 5.19. The van der Waals surface area contributed by atoms with Crippen LogP contribution in [0.1, 0.15) is 57.4 Å². The summed E-state index contributed by atoms with van der Waals surface area (Å²) in [5, 5.41) is 6.01. The molecule has 2 N–H and O–H groups in total. The summed E-state index contributed by atoms with van der Waals surface area (Å²) in [6, 6.07) is 6.16. The minimum absolute atomic E-state index is 0.0107. The minimum Gasteiger partial charge on any atom is -0.494 e. The molecule has 4 aliphatic heterocycles. The standard InChI is InChI=1S/C22H30N4O3.C4H7NO/c1-2-15(21(28)23-17-6-4-3-5-7-17)10-11-29-18-8-9-19-16(12-18)13-26-14-20(27)25-22(26)24-19;1-2-6-4-3-5(1)4/h8-9,12,15,17H,2-7,10-11,13-14H2,1H3,(H,23,28)(H,24,25,27);4H,1-3H2. The number of carbonyl (C=O) groups excluding carboxylic acids is 2. The van der Waals surface area contributed by atoms with Gasteiger partial charge in [0, 0.05) is 37.2 Å². The van der Waals surface area contributed by atoms with Crippen molar-refractivity contribution >= 4 is 23.5 Å². The molecule has 3 saturated heterocycles. The second kappa shape index (κ2) is 11.0. The van der Waals surface area contributed by atoms with Gasteiger partial charge in [-0.25, -0.2) is 4.99 Å². The molecule has 6 rings (SSSR count). The normalized spacial score (nSPS) is 25.2. The molecule has 1 aliphatic carbocycles. The lowest BCUT2D eigenvalue weighted by Crippen LogP contribution is -2.40. The zero-order valence-corrected chi connectivity index (χ0v) is 20.6. The van der Waals surface area contributed by atoms with E-state index in [9.17, 15) is 9.59 Å². The molecule has 0 aromatic heterocycles. The lowest BCUT2D eigenvalue weighted by atomic mass is 9.94. The molecule has 190 valence electrons. The quantitative estimate of drug-likeness (QED) is 0.579. The van der Waals surface area contributed by atoms with Crippen LogP contribution in [0.25, 0.3) is 0 Å². The lowest BCUT2D eigenvalue weighted by Gasteiger charge is -2.25. The van der Waals surface area contributed by atoms with Crippen LogP contribution < -0.4 is 15.4 Å². The Morgan fingerprint density at radius 2 is 2.14 bits per heavy atom. The van der Waals surface area contributed by atoms with E-state index in [-0.39, 0.29) is 17.7 Å². The number of nitrogens with zero attached hydrogens (tertiary/aromatic N) is 3. The third-order valence-corrected chi connectivity index (χ3v) is 7.43. The highest BCUT2D eigenvalue weighted by Crippen LogP contribution is 2.30. The number of carbonyl (C=O) groups is 2. The molecule has 4 fully saturated rings. The molecule has 0 bridgehead atoms. The second-order valence-electron chi connectivity index (χ2n) is 10.0. The van der Waals surface area contributed by atoms with Gasteiger partial charge in [-0.05, 0) is 43.9 Å². The largest absolute Gasteiger partial charge is 0.494 e. The van der Waals surface area contributed by atoms with Gasteiger partial charge in [0.1, 0.15) is 18.5 Å². The van der Waals surface area contributed by atoms with Gasteiger partial charge in [-0.2, -0.15) is 0 Å². The molecular weight excluding hydrogens is 446 g/mol. The maximum Gasteiger partial charge on any atom is 0.246 e. The van der Waals surface area contributed by atoms with Gasteiger partial charge in [-0.1, -0.05) is 26.2 Å². The van der Waals surface area contributed by atoms with Crippen LogP contribution in [0.15, 0.2) is 23.2 Å². The Morgan fingerprint density at radius 1 is 1.29 bits per heavy atom. The number of aliphatic imine (C=N–C) groups is 1. The first-order chi connectivity index (χ1) is 17.1. The monoisotopic (exact) mass is 483 g/mol. The number of hydrogen-bond acceptors (Lipinski definition) is 7. The number of fused-ring (bicyclic) bond motifs is 3. The van der Waals surface area contributed by atoms with Crippen LogP contribution in [-0.4, -0.2) is 72.7 Å². The summed E-state index contributed by atoms with van der Waals surface area (Å²) in [5.41, 5.74) is 1.91. The van der Waals surface area contributed by atoms with Crippen molar-refractivity contribution < 1.29 is 19.1 Å². The summed E-state index contributed by atoms with van der Waals surface area (Å²) in [4.78, 5) is 32.9. The van der Waals surface area contributed by atoms with Gasteiger partial charge in [0.25, 0.3) is 0 Å². The topological polar surface area (TPSA) is 95.3 Å². The Labute approximate surface area is 207 Å². The first-order valence-electron chi connectivity index (χ1n) is 13.1. The van der Waals surface area contributed by atoms with E-state index in [1.54, 1.807) is 0 Å². The van der Waals surface area contributed by atoms with Crippen molar-refractivity contribution in [2.45, 2.75) is 70.7 Å². The van der Waals surface area contributed by atoms with Gasteiger partial charge in [-0.3, -0.25) is 19.8 Å². The van der Waals surface area contributed by atoms with Gasteiger partial charge in [0.05, 0.1) is 18.9 Å². The van der Waals surface area contributed by atoms with Crippen molar-refractivity contribution in [2.24, 2.45) is 10.9 Å². The van der Waals surface area contributed by atoms with E-state index in [4.69, 9.17) is 9.47 Å². The Hall–Kier alpha value is -2.65. The Balaban J connectivity index is 0.000000362. The number of guanidine groups is 1. The van der Waals surface area contributed by atoms with E-state index < -0.39 is 0 Å². The van der Waals surface area contributed by atoms with Gasteiger partial charge in [0.2, 0.25) is 17.8 Å². The number of benzene rings is 1. The molecule has 1 aromatic rings. The van der Waals surface area contributed by atoms with E-state index in [0.29, 0.717) is 44.3 Å². The number of morpholine rings is 1. The highest BCUT2D eigenvalue weighted by atomic mass is 16.5. The van der Waals surface area contributed by atoms with Crippen molar-refractivity contribution in [2.75, 3.05) is 32.8 Å². The van der Waals surface area contributed by atoms with Crippen LogP contribution in [-0.2, 0) is 20.9 Å². The summed E-state index contributed by atoms with van der Waals surface area (Å²) in [7, 11) is 0. The Kier molecular flexibility index (Phi) is 7.53. The fourth-order valence-corrected chi connectivity index (χ4v) is 5.19. The van der Waals surface area contributed by atoms with Gasteiger partial charge < -0.3 is 19.7 Å². The Bertz CT molecular complexity index is 953. The number of nitrogens with one attached hydrogen (secondary N) is 2. The van der Waals surface area contributed by atoms with Crippen LogP contribution >= 0.6 is 0 Å². The third-order valence-electron chi connectivity index (χ3n) is 7.43. The molecule has 1 aromatic carbocycles. The average molecular weight is 484 g/mol. The van der Waals surface area contributed by atoms with E-state index in [1.807, 2.05) is 23.1 Å². The van der Waals surface area contributed by atoms with Gasteiger partial charge in [0.15, 0.2) is 0 Å². The molecule has 1 saturated carbocycles. The SMILES string of the molecule is C1CN2CC2O1.CCC(CCOc1ccc2c(c1)CN1CC(=O)NC1=N2)C(=O)NC1CCCCC1. The zero-order valence-electron chi connectivity index (χ0n) is 20.6. The number of ether oxygens (including phenoxy) is 2. The van der Waals surface area contributed by atoms with Crippen LogP contribution in [0.2, 0.25) is 0 Å². The highest BCUT2D eigenvalue weighted by molar-refractivity contribution is 6.05. The highest BCUT2D eigenvalue weighted by Gasteiger charge is 2.39. The first-order valence-corrected chi connectivity index (χ1v) is 13.1. The molecule has 2 amide bonds. The molecule has 9 heteroatoms. The molecule has 3 unspecified atom stereocenters. The lowest BCUT2D eigenvalue weighted by molar-refractivity contribution is -0.126. The predicted molar refractivity (Wildman–Crippen MR) is 132 cm³/mol. The van der Waals surface area contributed by atoms with Crippen molar-refractivity contribution in [1.29, 1.82) is 0 Å². The van der Waals surface area contributed by atoms with E-state index >= 15 is 0 Å². The first kappa shape index (κ1) is 24.1. The maximum atomic E-state index is 12.6. The van der Waals surface area contributed by atoms with Crippen LogP contribution in [0.5, 0.6) is 5.75 Å². The minimum atomic E-state index is -0.0230.